The largest absolute Gasteiger partial charge is 0.394 e. The molecule has 0 bridgehead atoms. The molecule has 5 heteroatoms. The van der Waals surface area contributed by atoms with E-state index in [-0.39, 0.29) is 0 Å². The van der Waals surface area contributed by atoms with Gasteiger partial charge < -0.3 is 11.1 Å². The van der Waals surface area contributed by atoms with Crippen molar-refractivity contribution in [2.45, 2.75) is 33.4 Å². The van der Waals surface area contributed by atoms with Crippen LogP contribution in [-0.4, -0.2) is 9.78 Å². The van der Waals surface area contributed by atoms with Gasteiger partial charge in [-0.3, -0.25) is 0 Å². The van der Waals surface area contributed by atoms with Gasteiger partial charge in [-0.2, -0.15) is 5.10 Å². The van der Waals surface area contributed by atoms with Gasteiger partial charge in [-0.1, -0.05) is 41.1 Å². The molecule has 0 atom stereocenters. The fourth-order valence-corrected chi connectivity index (χ4v) is 2.40. The number of benzene rings is 1. The van der Waals surface area contributed by atoms with Gasteiger partial charge in [0.05, 0.1) is 11.4 Å². The van der Waals surface area contributed by atoms with E-state index in [1.165, 1.54) is 5.56 Å². The summed E-state index contributed by atoms with van der Waals surface area (Å²) in [6.07, 6.45) is 1.03. The molecule has 0 amide bonds. The van der Waals surface area contributed by atoms with Crippen molar-refractivity contribution in [2.24, 2.45) is 0 Å². The van der Waals surface area contributed by atoms with Gasteiger partial charge in [0.1, 0.15) is 5.82 Å². The van der Waals surface area contributed by atoms with Gasteiger partial charge in [-0.25, -0.2) is 4.68 Å². The van der Waals surface area contributed by atoms with E-state index in [2.05, 4.69) is 39.3 Å². The van der Waals surface area contributed by atoms with Gasteiger partial charge in [0.2, 0.25) is 0 Å². The van der Waals surface area contributed by atoms with Crippen molar-refractivity contribution in [2.75, 3.05) is 11.1 Å². The van der Waals surface area contributed by atoms with Crippen LogP contribution in [0.3, 0.4) is 0 Å². The number of nitrogens with two attached hydrogens (primary N) is 1. The molecule has 0 aliphatic carbocycles. The van der Waals surface area contributed by atoms with Crippen LogP contribution >= 0.6 is 15.9 Å². The average molecular weight is 323 g/mol. The maximum absolute atomic E-state index is 6.08. The Morgan fingerprint density at radius 1 is 1.37 bits per heavy atom. The minimum Gasteiger partial charge on any atom is -0.394 e. The van der Waals surface area contributed by atoms with E-state index >= 15 is 0 Å². The molecule has 1 aromatic carbocycles. The average Bonchev–Trinajstić information content (AvgIpc) is 2.65. The number of hydrogen-bond acceptors (Lipinski definition) is 3. The quantitative estimate of drug-likeness (QED) is 0.884. The summed E-state index contributed by atoms with van der Waals surface area (Å²) in [5.74, 6) is 0.912. The summed E-state index contributed by atoms with van der Waals surface area (Å²) in [4.78, 5) is 0. The Hall–Kier alpha value is -1.49. The van der Waals surface area contributed by atoms with Crippen LogP contribution in [0.2, 0.25) is 0 Å². The number of aryl methyl sites for hydroxylation is 2. The molecule has 0 radical (unpaired) electrons. The third kappa shape index (κ3) is 3.10. The first-order valence-corrected chi connectivity index (χ1v) is 7.23. The highest BCUT2D eigenvalue weighted by Gasteiger charge is 2.11. The molecule has 0 aliphatic rings. The first-order chi connectivity index (χ1) is 9.13. The number of halogens is 1. The van der Waals surface area contributed by atoms with Crippen LogP contribution in [0.25, 0.3) is 0 Å². The smallest absolute Gasteiger partial charge is 0.148 e. The summed E-state index contributed by atoms with van der Waals surface area (Å²) in [5, 5.41) is 7.84. The maximum atomic E-state index is 6.08. The van der Waals surface area contributed by atoms with Gasteiger partial charge in [-0.05, 0) is 25.0 Å². The minimum atomic E-state index is 0.723. The summed E-state index contributed by atoms with van der Waals surface area (Å²) >= 11 is 3.55. The van der Waals surface area contributed by atoms with Gasteiger partial charge >= 0.3 is 0 Å². The zero-order chi connectivity index (χ0) is 13.8. The molecule has 0 saturated heterocycles. The van der Waals surface area contributed by atoms with Crippen molar-refractivity contribution in [3.8, 4) is 0 Å². The molecule has 1 heterocycles. The molecule has 0 unspecified atom stereocenters. The topological polar surface area (TPSA) is 55.9 Å². The third-order valence-corrected chi connectivity index (χ3v) is 3.79. The first kappa shape index (κ1) is 13.9. The molecule has 102 valence electrons. The lowest BCUT2D eigenvalue weighted by Crippen LogP contribution is -2.09. The summed E-state index contributed by atoms with van der Waals surface area (Å²) in [5.41, 5.74) is 8.89. The summed E-state index contributed by atoms with van der Waals surface area (Å²) in [6, 6.07) is 8.16. The third-order valence-electron chi connectivity index (χ3n) is 3.01. The minimum absolute atomic E-state index is 0.723. The van der Waals surface area contributed by atoms with Gasteiger partial charge in [0.25, 0.3) is 0 Å². The summed E-state index contributed by atoms with van der Waals surface area (Å²) < 4.78 is 3.04. The molecular formula is C14H19BrN4. The van der Waals surface area contributed by atoms with Crippen molar-refractivity contribution in [1.82, 2.24) is 9.78 Å². The standard InChI is InChI=1S/C14H19BrN4/c1-3-8-19-14(13(16)10(2)18-19)17-9-11-6-4-5-7-12(11)15/h4-7,17H,3,8-9,16H2,1-2H3. The Kier molecular flexibility index (Phi) is 4.47. The van der Waals surface area contributed by atoms with Crippen LogP contribution in [0.15, 0.2) is 28.7 Å². The van der Waals surface area contributed by atoms with Crippen LogP contribution < -0.4 is 11.1 Å². The molecule has 1 aromatic heterocycles. The lowest BCUT2D eigenvalue weighted by molar-refractivity contribution is 0.603. The highest BCUT2D eigenvalue weighted by atomic mass is 79.9. The Balaban J connectivity index is 2.17. The molecule has 2 aromatic rings. The second-order valence-electron chi connectivity index (χ2n) is 4.52. The van der Waals surface area contributed by atoms with Crippen LogP contribution in [0.1, 0.15) is 24.6 Å². The maximum Gasteiger partial charge on any atom is 0.148 e. The van der Waals surface area contributed by atoms with Gasteiger partial charge in [0.15, 0.2) is 0 Å². The summed E-state index contributed by atoms with van der Waals surface area (Å²) in [7, 11) is 0. The SMILES string of the molecule is CCCn1nc(C)c(N)c1NCc1ccccc1Br. The van der Waals surface area contributed by atoms with Crippen molar-refractivity contribution >= 4 is 27.4 Å². The second-order valence-corrected chi connectivity index (χ2v) is 5.37. The number of nitrogens with zero attached hydrogens (tertiary/aromatic N) is 2. The van der Waals surface area contributed by atoms with Crippen molar-refractivity contribution in [3.05, 3.63) is 40.0 Å². The Morgan fingerprint density at radius 2 is 2.11 bits per heavy atom. The van der Waals surface area contributed by atoms with E-state index in [4.69, 9.17) is 5.73 Å². The van der Waals surface area contributed by atoms with E-state index in [1.807, 2.05) is 29.8 Å². The van der Waals surface area contributed by atoms with Crippen LogP contribution in [0.4, 0.5) is 11.5 Å². The number of nitrogens with one attached hydrogen (secondary N) is 1. The number of aromatic nitrogens is 2. The molecule has 0 spiro atoms. The first-order valence-electron chi connectivity index (χ1n) is 6.43. The highest BCUT2D eigenvalue weighted by Crippen LogP contribution is 2.24. The van der Waals surface area contributed by atoms with Crippen molar-refractivity contribution in [3.63, 3.8) is 0 Å². The Bertz CT molecular complexity index is 563. The zero-order valence-corrected chi connectivity index (χ0v) is 12.9. The highest BCUT2D eigenvalue weighted by molar-refractivity contribution is 9.10. The molecular weight excluding hydrogens is 304 g/mol. The van der Waals surface area contributed by atoms with E-state index in [1.54, 1.807) is 0 Å². The molecule has 0 saturated carbocycles. The molecule has 3 N–H and O–H groups in total. The molecule has 0 aliphatic heterocycles. The van der Waals surface area contributed by atoms with E-state index in [0.717, 1.165) is 41.2 Å². The van der Waals surface area contributed by atoms with Crippen LogP contribution in [0.5, 0.6) is 0 Å². The lowest BCUT2D eigenvalue weighted by atomic mass is 10.2. The van der Waals surface area contributed by atoms with Crippen LogP contribution in [-0.2, 0) is 13.1 Å². The summed E-state index contributed by atoms with van der Waals surface area (Å²) in [6.45, 7) is 5.66. The fourth-order valence-electron chi connectivity index (χ4n) is 1.98. The normalized spacial score (nSPS) is 10.7. The molecule has 19 heavy (non-hydrogen) atoms. The number of anilines is 2. The van der Waals surface area contributed by atoms with Crippen molar-refractivity contribution in [1.29, 1.82) is 0 Å². The lowest BCUT2D eigenvalue weighted by Gasteiger charge is -2.11. The van der Waals surface area contributed by atoms with E-state index in [0.29, 0.717) is 0 Å². The number of hydrogen-bond donors (Lipinski definition) is 2. The van der Waals surface area contributed by atoms with Gasteiger partial charge in [0, 0.05) is 17.6 Å². The molecule has 2 rings (SSSR count). The number of rotatable bonds is 5. The fraction of sp³-hybridized carbons (Fsp3) is 0.357. The molecule has 4 nitrogen and oxygen atoms in total. The second kappa shape index (κ2) is 6.10. The molecule has 0 fully saturated rings. The van der Waals surface area contributed by atoms with E-state index in [9.17, 15) is 0 Å². The Labute approximate surface area is 122 Å². The van der Waals surface area contributed by atoms with E-state index < -0.39 is 0 Å². The monoisotopic (exact) mass is 322 g/mol. The van der Waals surface area contributed by atoms with Crippen LogP contribution in [0, 0.1) is 6.92 Å². The number of nitrogen functional groups attached to an aromatic ring is 1. The predicted octanol–water partition coefficient (Wildman–Crippen LogP) is 3.56. The van der Waals surface area contributed by atoms with Crippen molar-refractivity contribution < 1.29 is 0 Å². The predicted molar refractivity (Wildman–Crippen MR) is 83.1 cm³/mol. The van der Waals surface area contributed by atoms with Gasteiger partial charge in [-0.15, -0.1) is 0 Å². The Morgan fingerprint density at radius 3 is 2.79 bits per heavy atom. The zero-order valence-electron chi connectivity index (χ0n) is 11.3.